The summed E-state index contributed by atoms with van der Waals surface area (Å²) in [5.74, 6) is 1.91. The highest BCUT2D eigenvalue weighted by atomic mass is 127. The van der Waals surface area contributed by atoms with Crippen LogP contribution in [0.15, 0.2) is 45.3 Å². The normalized spacial score (nSPS) is 15.8. The Morgan fingerprint density at radius 2 is 2.10 bits per heavy atom. The average molecular weight is 561 g/mol. The summed E-state index contributed by atoms with van der Waals surface area (Å²) >= 11 is 1.80. The van der Waals surface area contributed by atoms with Gasteiger partial charge in [0.05, 0.1) is 19.0 Å². The fraction of sp³-hybridized carbons (Fsp3) is 0.609. The minimum absolute atomic E-state index is 0. The molecule has 31 heavy (non-hydrogen) atoms. The molecule has 0 atom stereocenters. The molecule has 0 aliphatic carbocycles. The van der Waals surface area contributed by atoms with Crippen molar-refractivity contribution in [3.63, 3.8) is 0 Å². The highest BCUT2D eigenvalue weighted by molar-refractivity contribution is 14.0. The van der Waals surface area contributed by atoms with E-state index in [1.165, 1.54) is 4.88 Å². The van der Waals surface area contributed by atoms with Crippen LogP contribution in [-0.2, 0) is 17.6 Å². The number of hydrogen-bond acceptors (Lipinski definition) is 5. The van der Waals surface area contributed by atoms with Crippen LogP contribution in [0.2, 0.25) is 0 Å². The lowest BCUT2D eigenvalue weighted by Gasteiger charge is -2.33. The first-order chi connectivity index (χ1) is 14.7. The topological polar surface area (TPSA) is 62.0 Å². The largest absolute Gasteiger partial charge is 0.469 e. The molecule has 0 spiro atoms. The summed E-state index contributed by atoms with van der Waals surface area (Å²) in [5.41, 5.74) is 0. The molecule has 2 aromatic rings. The summed E-state index contributed by atoms with van der Waals surface area (Å²) < 4.78 is 11.1. The van der Waals surface area contributed by atoms with Gasteiger partial charge in [0.1, 0.15) is 5.76 Å². The molecule has 1 saturated heterocycles. The number of nitrogens with one attached hydrogen (secondary N) is 2. The Morgan fingerprint density at radius 1 is 1.26 bits per heavy atom. The van der Waals surface area contributed by atoms with Crippen LogP contribution >= 0.6 is 35.3 Å². The third-order valence-electron chi connectivity index (χ3n) is 5.24. The smallest absolute Gasteiger partial charge is 0.191 e. The van der Waals surface area contributed by atoms with E-state index in [9.17, 15) is 0 Å². The molecule has 0 bridgehead atoms. The minimum Gasteiger partial charge on any atom is -0.469 e. The van der Waals surface area contributed by atoms with Crippen LogP contribution < -0.4 is 10.6 Å². The van der Waals surface area contributed by atoms with Crippen LogP contribution in [0, 0.1) is 0 Å². The molecule has 1 fully saturated rings. The molecule has 3 rings (SSSR count). The van der Waals surface area contributed by atoms with Crippen LogP contribution in [0.5, 0.6) is 0 Å². The van der Waals surface area contributed by atoms with Gasteiger partial charge in [-0.2, -0.15) is 0 Å². The standard InChI is InChI=1S/C23H36N4O2S.HI/c1-19(2)28-17-15-27-13-9-20(10-14-27)26-23(24-11-7-21-5-3-16-29-21)25-12-8-22-6-4-18-30-22;/h3-6,16,18-20H,7-15,17H2,1-2H3,(H2,24,25,26);1H. The summed E-state index contributed by atoms with van der Waals surface area (Å²) in [6, 6.07) is 8.69. The second-order valence-electron chi connectivity index (χ2n) is 8.00. The second-order valence-corrected chi connectivity index (χ2v) is 9.03. The first-order valence-electron chi connectivity index (χ1n) is 11.1. The number of ether oxygens (including phenoxy) is 1. The molecule has 0 amide bonds. The van der Waals surface area contributed by atoms with Crippen molar-refractivity contribution >= 4 is 41.3 Å². The number of furan rings is 1. The van der Waals surface area contributed by atoms with E-state index in [0.717, 1.165) is 76.7 Å². The van der Waals surface area contributed by atoms with E-state index in [2.05, 4.69) is 46.9 Å². The number of halogens is 1. The predicted molar refractivity (Wildman–Crippen MR) is 140 cm³/mol. The third-order valence-corrected chi connectivity index (χ3v) is 6.18. The molecular formula is C23H37IN4O2S. The van der Waals surface area contributed by atoms with Gasteiger partial charge in [0.15, 0.2) is 5.96 Å². The van der Waals surface area contributed by atoms with E-state index in [1.54, 1.807) is 17.6 Å². The van der Waals surface area contributed by atoms with Gasteiger partial charge in [-0.1, -0.05) is 6.07 Å². The van der Waals surface area contributed by atoms with Gasteiger partial charge in [-0.05, 0) is 50.3 Å². The van der Waals surface area contributed by atoms with Gasteiger partial charge in [-0.3, -0.25) is 4.99 Å². The van der Waals surface area contributed by atoms with Crippen molar-refractivity contribution in [1.82, 2.24) is 15.5 Å². The number of aliphatic imine (C=N–C) groups is 1. The zero-order chi connectivity index (χ0) is 21.0. The summed E-state index contributed by atoms with van der Waals surface area (Å²) in [6.07, 6.45) is 6.13. The van der Waals surface area contributed by atoms with E-state index < -0.39 is 0 Å². The van der Waals surface area contributed by atoms with Gasteiger partial charge in [0, 0.05) is 56.5 Å². The van der Waals surface area contributed by atoms with Gasteiger partial charge in [-0.25, -0.2) is 0 Å². The fourth-order valence-corrected chi connectivity index (χ4v) is 4.25. The maximum atomic E-state index is 5.69. The van der Waals surface area contributed by atoms with Crippen molar-refractivity contribution in [2.75, 3.05) is 39.3 Å². The Kier molecular flexibility index (Phi) is 12.5. The van der Waals surface area contributed by atoms with Crippen molar-refractivity contribution in [3.05, 3.63) is 46.5 Å². The van der Waals surface area contributed by atoms with E-state index in [1.807, 2.05) is 12.1 Å². The van der Waals surface area contributed by atoms with Crippen molar-refractivity contribution in [1.29, 1.82) is 0 Å². The van der Waals surface area contributed by atoms with E-state index in [-0.39, 0.29) is 24.0 Å². The lowest BCUT2D eigenvalue weighted by atomic mass is 10.1. The van der Waals surface area contributed by atoms with Crippen molar-refractivity contribution in [3.8, 4) is 0 Å². The summed E-state index contributed by atoms with van der Waals surface area (Å²) in [5, 5.41) is 9.28. The maximum Gasteiger partial charge on any atom is 0.191 e. The molecule has 0 unspecified atom stereocenters. The molecule has 0 aromatic carbocycles. The zero-order valence-electron chi connectivity index (χ0n) is 18.7. The molecule has 1 aliphatic rings. The van der Waals surface area contributed by atoms with E-state index in [4.69, 9.17) is 14.1 Å². The zero-order valence-corrected chi connectivity index (χ0v) is 21.9. The number of likely N-dealkylation sites (tertiary alicyclic amines) is 1. The minimum atomic E-state index is 0. The highest BCUT2D eigenvalue weighted by Gasteiger charge is 2.20. The lowest BCUT2D eigenvalue weighted by molar-refractivity contribution is 0.0532. The lowest BCUT2D eigenvalue weighted by Crippen LogP contribution is -2.49. The van der Waals surface area contributed by atoms with Crippen LogP contribution in [0.1, 0.15) is 37.3 Å². The number of nitrogens with zero attached hydrogens (tertiary/aromatic N) is 2. The van der Waals surface area contributed by atoms with Crippen LogP contribution in [-0.4, -0.2) is 62.3 Å². The van der Waals surface area contributed by atoms with Gasteiger partial charge in [-0.15, -0.1) is 35.3 Å². The Labute approximate surface area is 207 Å². The molecule has 2 N–H and O–H groups in total. The number of thiophene rings is 1. The molecule has 6 nitrogen and oxygen atoms in total. The van der Waals surface area contributed by atoms with Gasteiger partial charge >= 0.3 is 0 Å². The molecule has 174 valence electrons. The number of rotatable bonds is 11. The van der Waals surface area contributed by atoms with Crippen molar-refractivity contribution < 1.29 is 9.15 Å². The summed E-state index contributed by atoms with van der Waals surface area (Å²) in [6.45, 7) is 9.84. The highest BCUT2D eigenvalue weighted by Crippen LogP contribution is 2.11. The molecule has 2 aromatic heterocycles. The average Bonchev–Trinajstić information content (AvgIpc) is 3.43. The number of piperidine rings is 1. The van der Waals surface area contributed by atoms with Crippen molar-refractivity contribution in [2.24, 2.45) is 4.99 Å². The predicted octanol–water partition coefficient (Wildman–Crippen LogP) is 4.17. The number of guanidine groups is 1. The maximum absolute atomic E-state index is 5.69. The van der Waals surface area contributed by atoms with Crippen LogP contribution in [0.25, 0.3) is 0 Å². The van der Waals surface area contributed by atoms with Gasteiger partial charge in [0.25, 0.3) is 0 Å². The molecule has 8 heteroatoms. The molecule has 3 heterocycles. The molecule has 0 radical (unpaired) electrons. The van der Waals surface area contributed by atoms with Crippen LogP contribution in [0.3, 0.4) is 0 Å². The SMILES string of the molecule is CC(C)OCCN1CCC(NC(=NCCc2cccs2)NCCc2ccco2)CC1.I. The summed E-state index contributed by atoms with van der Waals surface area (Å²) in [7, 11) is 0. The van der Waals surface area contributed by atoms with E-state index >= 15 is 0 Å². The van der Waals surface area contributed by atoms with Gasteiger partial charge < -0.3 is 24.7 Å². The quantitative estimate of drug-likeness (QED) is 0.246. The van der Waals surface area contributed by atoms with E-state index in [0.29, 0.717) is 12.1 Å². The monoisotopic (exact) mass is 560 g/mol. The Bertz CT molecular complexity index is 714. The number of hydrogen-bond donors (Lipinski definition) is 2. The first-order valence-corrected chi connectivity index (χ1v) is 12.0. The molecular weight excluding hydrogens is 523 g/mol. The third kappa shape index (κ3) is 10.4. The molecule has 1 aliphatic heterocycles. The Morgan fingerprint density at radius 3 is 2.77 bits per heavy atom. The second kappa shape index (κ2) is 14.9. The fourth-order valence-electron chi connectivity index (χ4n) is 3.56. The van der Waals surface area contributed by atoms with Crippen LogP contribution in [0.4, 0.5) is 0 Å². The van der Waals surface area contributed by atoms with Gasteiger partial charge in [0.2, 0.25) is 0 Å². The Balaban J connectivity index is 0.00000341. The van der Waals surface area contributed by atoms with Crippen molar-refractivity contribution in [2.45, 2.75) is 51.7 Å². The summed E-state index contributed by atoms with van der Waals surface area (Å²) in [4.78, 5) is 8.72. The first kappa shape index (κ1) is 26.2. The Hall–Kier alpha value is -1.10. The molecule has 0 saturated carbocycles.